The average molecular weight is 323 g/mol. The van der Waals surface area contributed by atoms with Gasteiger partial charge in [0.25, 0.3) is 0 Å². The minimum absolute atomic E-state index is 0.0222. The van der Waals surface area contributed by atoms with Gasteiger partial charge in [-0.3, -0.25) is 9.78 Å². The molecule has 4 heteroatoms. The zero-order valence-corrected chi connectivity index (χ0v) is 14.2. The Kier molecular flexibility index (Phi) is 4.95. The van der Waals surface area contributed by atoms with Gasteiger partial charge in [0.1, 0.15) is 0 Å². The molecule has 0 radical (unpaired) electrons. The predicted octanol–water partition coefficient (Wildman–Crippen LogP) is 3.59. The van der Waals surface area contributed by atoms with Gasteiger partial charge >= 0.3 is 0 Å². The van der Waals surface area contributed by atoms with Crippen molar-refractivity contribution in [1.82, 2.24) is 10.3 Å². The summed E-state index contributed by atoms with van der Waals surface area (Å²) in [5, 5.41) is 3.09. The molecule has 1 atom stereocenters. The molecule has 1 aromatic carbocycles. The first-order chi connectivity index (χ1) is 11.6. The van der Waals surface area contributed by atoms with E-state index in [2.05, 4.69) is 34.6 Å². The van der Waals surface area contributed by atoms with Gasteiger partial charge in [-0.05, 0) is 42.5 Å². The van der Waals surface area contributed by atoms with E-state index in [-0.39, 0.29) is 11.9 Å². The Morgan fingerprint density at radius 3 is 2.46 bits per heavy atom. The lowest BCUT2D eigenvalue weighted by molar-refractivity contribution is -0.128. The fourth-order valence-electron chi connectivity index (χ4n) is 3.33. The molecule has 1 heterocycles. The smallest absolute Gasteiger partial charge is 0.240 e. The molecule has 2 aromatic rings. The molecule has 1 fully saturated rings. The molecular formula is C20H25N3O. The van der Waals surface area contributed by atoms with Crippen LogP contribution < -0.4 is 11.1 Å². The summed E-state index contributed by atoms with van der Waals surface area (Å²) in [4.78, 5) is 16.7. The third-order valence-corrected chi connectivity index (χ3v) is 4.95. The van der Waals surface area contributed by atoms with Gasteiger partial charge in [-0.2, -0.15) is 0 Å². The van der Waals surface area contributed by atoms with Crippen LogP contribution in [0.15, 0.2) is 48.8 Å². The highest BCUT2D eigenvalue weighted by Crippen LogP contribution is 2.27. The molecule has 0 bridgehead atoms. The molecular weight excluding hydrogens is 298 g/mol. The molecule has 3 N–H and O–H groups in total. The molecule has 0 aliphatic heterocycles. The zero-order valence-electron chi connectivity index (χ0n) is 14.2. The van der Waals surface area contributed by atoms with E-state index in [4.69, 9.17) is 5.73 Å². The van der Waals surface area contributed by atoms with Crippen molar-refractivity contribution in [2.24, 2.45) is 5.73 Å². The number of rotatable bonds is 4. The summed E-state index contributed by atoms with van der Waals surface area (Å²) in [7, 11) is 0. The number of hydrogen-bond acceptors (Lipinski definition) is 3. The molecule has 4 nitrogen and oxygen atoms in total. The molecule has 1 aromatic heterocycles. The van der Waals surface area contributed by atoms with Crippen LogP contribution in [0.2, 0.25) is 0 Å². The molecule has 1 aliphatic carbocycles. The van der Waals surface area contributed by atoms with Gasteiger partial charge in [0.2, 0.25) is 5.91 Å². The zero-order chi connectivity index (χ0) is 17.0. The second-order valence-corrected chi connectivity index (χ2v) is 6.78. The van der Waals surface area contributed by atoms with E-state index in [1.165, 1.54) is 6.42 Å². The minimum atomic E-state index is -0.692. The molecule has 1 unspecified atom stereocenters. The van der Waals surface area contributed by atoms with E-state index in [0.717, 1.165) is 42.4 Å². The first kappa shape index (κ1) is 16.7. The third kappa shape index (κ3) is 3.65. The Bertz CT molecular complexity index is 676. The topological polar surface area (TPSA) is 68.0 Å². The van der Waals surface area contributed by atoms with E-state index in [9.17, 15) is 4.79 Å². The average Bonchev–Trinajstić information content (AvgIpc) is 2.63. The van der Waals surface area contributed by atoms with Crippen LogP contribution in [-0.4, -0.2) is 16.4 Å². The van der Waals surface area contributed by atoms with Gasteiger partial charge in [0.05, 0.1) is 11.6 Å². The highest BCUT2D eigenvalue weighted by molar-refractivity contribution is 5.86. The Hall–Kier alpha value is -2.20. The first-order valence-corrected chi connectivity index (χ1v) is 8.69. The largest absolute Gasteiger partial charge is 0.348 e. The maximum Gasteiger partial charge on any atom is 0.240 e. The maximum atomic E-state index is 12.5. The van der Waals surface area contributed by atoms with Gasteiger partial charge in [-0.15, -0.1) is 0 Å². The lowest BCUT2D eigenvalue weighted by Crippen LogP contribution is -2.55. The van der Waals surface area contributed by atoms with Crippen LogP contribution in [0.5, 0.6) is 0 Å². The summed E-state index contributed by atoms with van der Waals surface area (Å²) in [5.74, 6) is -0.0222. The maximum absolute atomic E-state index is 12.5. The van der Waals surface area contributed by atoms with Crippen LogP contribution in [0.1, 0.15) is 50.6 Å². The number of carbonyl (C=O) groups excluding carboxylic acids is 1. The monoisotopic (exact) mass is 323 g/mol. The molecule has 126 valence electrons. The summed E-state index contributed by atoms with van der Waals surface area (Å²) in [6, 6.07) is 12.1. The van der Waals surface area contributed by atoms with Crippen molar-refractivity contribution in [2.75, 3.05) is 0 Å². The second kappa shape index (κ2) is 7.14. The minimum Gasteiger partial charge on any atom is -0.348 e. The number of nitrogens with two attached hydrogens (primary N) is 1. The number of nitrogens with one attached hydrogen (secondary N) is 1. The van der Waals surface area contributed by atoms with Crippen LogP contribution in [0, 0.1) is 0 Å². The number of benzene rings is 1. The number of hydrogen-bond donors (Lipinski definition) is 2. The van der Waals surface area contributed by atoms with Crippen molar-refractivity contribution in [3.05, 3.63) is 54.4 Å². The lowest BCUT2D eigenvalue weighted by atomic mass is 9.81. The number of aromatic nitrogens is 1. The Balaban J connectivity index is 1.67. The summed E-state index contributed by atoms with van der Waals surface area (Å²) in [6.07, 6.45) is 8.44. The summed E-state index contributed by atoms with van der Waals surface area (Å²) in [6.45, 7) is 2.00. The third-order valence-electron chi connectivity index (χ3n) is 4.95. The SMILES string of the molecule is CC(NC(=O)C1(N)CCCCC1)c1ccc(-c2cccnc2)cc1. The molecule has 0 saturated heterocycles. The van der Waals surface area contributed by atoms with Crippen molar-refractivity contribution in [3.63, 3.8) is 0 Å². The molecule has 3 rings (SSSR count). The van der Waals surface area contributed by atoms with Crippen molar-refractivity contribution in [3.8, 4) is 11.1 Å². The van der Waals surface area contributed by atoms with Crippen LogP contribution in [0.3, 0.4) is 0 Å². The Labute approximate surface area is 143 Å². The number of carbonyl (C=O) groups is 1. The van der Waals surface area contributed by atoms with E-state index >= 15 is 0 Å². The molecule has 24 heavy (non-hydrogen) atoms. The normalized spacial score (nSPS) is 17.9. The molecule has 1 saturated carbocycles. The number of amides is 1. The van der Waals surface area contributed by atoms with Crippen LogP contribution in [-0.2, 0) is 4.79 Å². The van der Waals surface area contributed by atoms with Crippen molar-refractivity contribution >= 4 is 5.91 Å². The predicted molar refractivity (Wildman–Crippen MR) is 96.2 cm³/mol. The van der Waals surface area contributed by atoms with Crippen LogP contribution in [0.4, 0.5) is 0 Å². The molecule has 1 aliphatic rings. The highest BCUT2D eigenvalue weighted by atomic mass is 16.2. The standard InChI is InChI=1S/C20H25N3O/c1-15(23-19(24)20(21)11-3-2-4-12-20)16-7-9-17(10-8-16)18-6-5-13-22-14-18/h5-10,13-15H,2-4,11-12,21H2,1H3,(H,23,24). The summed E-state index contributed by atoms with van der Waals surface area (Å²) in [5.41, 5.74) is 8.90. The van der Waals surface area contributed by atoms with Crippen molar-refractivity contribution in [1.29, 1.82) is 0 Å². The Morgan fingerprint density at radius 1 is 1.12 bits per heavy atom. The van der Waals surface area contributed by atoms with Crippen molar-refractivity contribution < 1.29 is 4.79 Å². The lowest BCUT2D eigenvalue weighted by Gasteiger charge is -2.33. The number of nitrogens with zero attached hydrogens (tertiary/aromatic N) is 1. The fourth-order valence-corrected chi connectivity index (χ4v) is 3.33. The van der Waals surface area contributed by atoms with Gasteiger partial charge < -0.3 is 11.1 Å². The van der Waals surface area contributed by atoms with E-state index < -0.39 is 5.54 Å². The molecule has 1 amide bonds. The Morgan fingerprint density at radius 2 is 1.83 bits per heavy atom. The van der Waals surface area contributed by atoms with E-state index in [0.29, 0.717) is 0 Å². The number of pyridine rings is 1. The fraction of sp³-hybridized carbons (Fsp3) is 0.400. The second-order valence-electron chi connectivity index (χ2n) is 6.78. The van der Waals surface area contributed by atoms with Gasteiger partial charge in [0, 0.05) is 12.4 Å². The molecule has 0 spiro atoms. The van der Waals surface area contributed by atoms with Gasteiger partial charge in [0.15, 0.2) is 0 Å². The van der Waals surface area contributed by atoms with Crippen LogP contribution in [0.25, 0.3) is 11.1 Å². The van der Waals surface area contributed by atoms with Gasteiger partial charge in [-0.1, -0.05) is 49.6 Å². The van der Waals surface area contributed by atoms with Crippen molar-refractivity contribution in [2.45, 2.75) is 50.6 Å². The quantitative estimate of drug-likeness (QED) is 0.903. The van der Waals surface area contributed by atoms with E-state index in [1.807, 2.05) is 25.3 Å². The summed E-state index contributed by atoms with van der Waals surface area (Å²) < 4.78 is 0. The van der Waals surface area contributed by atoms with Gasteiger partial charge in [-0.25, -0.2) is 0 Å². The van der Waals surface area contributed by atoms with Crippen LogP contribution >= 0.6 is 0 Å². The highest BCUT2D eigenvalue weighted by Gasteiger charge is 2.35. The summed E-state index contributed by atoms with van der Waals surface area (Å²) >= 11 is 0. The first-order valence-electron chi connectivity index (χ1n) is 8.69. The van der Waals surface area contributed by atoms with E-state index in [1.54, 1.807) is 6.20 Å².